The first-order valence-corrected chi connectivity index (χ1v) is 4.56. The summed E-state index contributed by atoms with van der Waals surface area (Å²) in [5, 5.41) is 16.4. The summed E-state index contributed by atoms with van der Waals surface area (Å²) in [6, 6.07) is 2.15. The van der Waals surface area contributed by atoms with Gasteiger partial charge in [-0.1, -0.05) is 0 Å². The zero-order chi connectivity index (χ0) is 9.26. The monoisotopic (exact) mass is 176 g/mol. The molecule has 0 unspecified atom stereocenters. The van der Waals surface area contributed by atoms with Crippen LogP contribution in [0.15, 0.2) is 0 Å². The number of nitrogens with one attached hydrogen (secondary N) is 1. The lowest BCUT2D eigenvalue weighted by Gasteiger charge is -2.14. The Morgan fingerprint density at radius 1 is 1.69 bits per heavy atom. The van der Waals surface area contributed by atoms with Crippen molar-refractivity contribution in [3.63, 3.8) is 0 Å². The first-order valence-electron chi connectivity index (χ1n) is 4.56. The molecular formula is C9H12N4. The summed E-state index contributed by atoms with van der Waals surface area (Å²) in [7, 11) is 0. The summed E-state index contributed by atoms with van der Waals surface area (Å²) in [5.74, 6) is 0. The molecule has 0 amide bonds. The average molecular weight is 176 g/mol. The zero-order valence-corrected chi connectivity index (χ0v) is 7.67. The first kappa shape index (κ1) is 8.27. The summed E-state index contributed by atoms with van der Waals surface area (Å²) in [6.07, 6.45) is 0.929. The molecule has 1 aliphatic rings. The third-order valence-electron chi connectivity index (χ3n) is 2.42. The van der Waals surface area contributed by atoms with Crippen LogP contribution >= 0.6 is 0 Å². The summed E-state index contributed by atoms with van der Waals surface area (Å²) in [4.78, 5) is 0. The van der Waals surface area contributed by atoms with Gasteiger partial charge in [-0.3, -0.25) is 4.68 Å². The zero-order valence-electron chi connectivity index (χ0n) is 7.67. The number of nitriles is 1. The standard InChI is InChI=1S/C9H12N4/c1-2-13-9-6-11-4-3-7(9)8(5-10)12-13/h11H,2-4,6H2,1H3. The van der Waals surface area contributed by atoms with E-state index in [1.807, 2.05) is 11.6 Å². The van der Waals surface area contributed by atoms with Crippen LogP contribution in [0.25, 0.3) is 0 Å². The van der Waals surface area contributed by atoms with Crippen molar-refractivity contribution in [3.05, 3.63) is 17.0 Å². The molecule has 0 aromatic carbocycles. The van der Waals surface area contributed by atoms with Gasteiger partial charge in [0.1, 0.15) is 6.07 Å². The van der Waals surface area contributed by atoms with Crippen LogP contribution in [-0.4, -0.2) is 16.3 Å². The minimum absolute atomic E-state index is 0.610. The molecule has 1 aromatic heterocycles. The molecule has 1 aliphatic heterocycles. The van der Waals surface area contributed by atoms with Crippen molar-refractivity contribution in [3.8, 4) is 6.07 Å². The Morgan fingerprint density at radius 3 is 3.23 bits per heavy atom. The van der Waals surface area contributed by atoms with Crippen LogP contribution in [0.4, 0.5) is 0 Å². The smallest absolute Gasteiger partial charge is 0.166 e. The number of hydrogen-bond donors (Lipinski definition) is 1. The van der Waals surface area contributed by atoms with Crippen LogP contribution < -0.4 is 5.32 Å². The van der Waals surface area contributed by atoms with E-state index in [0.29, 0.717) is 5.69 Å². The largest absolute Gasteiger partial charge is 0.311 e. The molecule has 13 heavy (non-hydrogen) atoms. The van der Waals surface area contributed by atoms with E-state index >= 15 is 0 Å². The lowest BCUT2D eigenvalue weighted by Crippen LogP contribution is -2.25. The molecule has 0 bridgehead atoms. The molecule has 2 rings (SSSR count). The minimum atomic E-state index is 0.610. The quantitative estimate of drug-likeness (QED) is 0.674. The van der Waals surface area contributed by atoms with Gasteiger partial charge in [-0.15, -0.1) is 0 Å². The van der Waals surface area contributed by atoms with Crippen molar-refractivity contribution in [1.82, 2.24) is 15.1 Å². The maximum atomic E-state index is 8.86. The van der Waals surface area contributed by atoms with Gasteiger partial charge in [-0.2, -0.15) is 10.4 Å². The van der Waals surface area contributed by atoms with E-state index in [0.717, 1.165) is 31.6 Å². The summed E-state index contributed by atoms with van der Waals surface area (Å²) < 4.78 is 1.92. The van der Waals surface area contributed by atoms with Crippen LogP contribution in [0.2, 0.25) is 0 Å². The third-order valence-corrected chi connectivity index (χ3v) is 2.42. The molecule has 68 valence electrons. The van der Waals surface area contributed by atoms with Crippen LogP contribution in [0.1, 0.15) is 23.9 Å². The van der Waals surface area contributed by atoms with E-state index in [2.05, 4.69) is 16.5 Å². The molecule has 4 heteroatoms. The van der Waals surface area contributed by atoms with E-state index in [4.69, 9.17) is 5.26 Å². The van der Waals surface area contributed by atoms with Crippen molar-refractivity contribution < 1.29 is 0 Å². The fourth-order valence-electron chi connectivity index (χ4n) is 1.77. The highest BCUT2D eigenvalue weighted by molar-refractivity contribution is 5.36. The number of nitrogens with zero attached hydrogens (tertiary/aromatic N) is 3. The van der Waals surface area contributed by atoms with E-state index < -0.39 is 0 Å². The van der Waals surface area contributed by atoms with E-state index in [1.165, 1.54) is 5.69 Å². The second-order valence-electron chi connectivity index (χ2n) is 3.13. The molecule has 0 saturated carbocycles. The van der Waals surface area contributed by atoms with Crippen molar-refractivity contribution in [2.45, 2.75) is 26.4 Å². The normalized spacial score (nSPS) is 15.1. The Hall–Kier alpha value is -1.34. The maximum Gasteiger partial charge on any atom is 0.166 e. The van der Waals surface area contributed by atoms with Crippen molar-refractivity contribution in [2.24, 2.45) is 0 Å². The Bertz CT molecular complexity index is 358. The first-order chi connectivity index (χ1) is 6.36. The van der Waals surface area contributed by atoms with Crippen molar-refractivity contribution >= 4 is 0 Å². The van der Waals surface area contributed by atoms with Crippen molar-refractivity contribution in [1.29, 1.82) is 5.26 Å². The highest BCUT2D eigenvalue weighted by Crippen LogP contribution is 2.17. The molecule has 0 radical (unpaired) electrons. The van der Waals surface area contributed by atoms with Gasteiger partial charge in [0.2, 0.25) is 0 Å². The third kappa shape index (κ3) is 1.21. The van der Waals surface area contributed by atoms with Gasteiger partial charge in [0, 0.05) is 18.7 Å². The van der Waals surface area contributed by atoms with E-state index in [-0.39, 0.29) is 0 Å². The molecule has 0 saturated heterocycles. The van der Waals surface area contributed by atoms with Gasteiger partial charge < -0.3 is 5.32 Å². The van der Waals surface area contributed by atoms with Crippen LogP contribution in [0, 0.1) is 11.3 Å². The Balaban J connectivity index is 2.52. The van der Waals surface area contributed by atoms with Gasteiger partial charge in [-0.25, -0.2) is 0 Å². The van der Waals surface area contributed by atoms with Gasteiger partial charge in [0.05, 0.1) is 5.69 Å². The topological polar surface area (TPSA) is 53.6 Å². The Kier molecular flexibility index (Phi) is 2.03. The predicted molar refractivity (Wildman–Crippen MR) is 48.0 cm³/mol. The minimum Gasteiger partial charge on any atom is -0.311 e. The molecule has 1 N–H and O–H groups in total. The van der Waals surface area contributed by atoms with Crippen LogP contribution in [0.5, 0.6) is 0 Å². The second kappa shape index (κ2) is 3.19. The molecule has 0 fully saturated rings. The number of fused-ring (bicyclic) bond motifs is 1. The maximum absolute atomic E-state index is 8.86. The summed E-state index contributed by atoms with van der Waals surface area (Å²) in [5.41, 5.74) is 2.94. The van der Waals surface area contributed by atoms with Gasteiger partial charge in [-0.05, 0) is 19.9 Å². The summed E-state index contributed by atoms with van der Waals surface area (Å²) in [6.45, 7) is 4.68. The molecule has 0 aliphatic carbocycles. The SMILES string of the molecule is CCn1nc(C#N)c2c1CNCC2. The lowest BCUT2D eigenvalue weighted by molar-refractivity contribution is 0.559. The van der Waals surface area contributed by atoms with E-state index in [1.54, 1.807) is 0 Å². The van der Waals surface area contributed by atoms with Gasteiger partial charge >= 0.3 is 0 Å². The number of hydrogen-bond acceptors (Lipinski definition) is 3. The molecule has 4 nitrogen and oxygen atoms in total. The average Bonchev–Trinajstić information content (AvgIpc) is 2.56. The Labute approximate surface area is 77.2 Å². The highest BCUT2D eigenvalue weighted by Gasteiger charge is 2.19. The predicted octanol–water partition coefficient (Wildman–Crippen LogP) is 0.420. The highest BCUT2D eigenvalue weighted by atomic mass is 15.3. The van der Waals surface area contributed by atoms with Crippen LogP contribution in [-0.2, 0) is 19.5 Å². The molecule has 1 aromatic rings. The second-order valence-corrected chi connectivity index (χ2v) is 3.13. The van der Waals surface area contributed by atoms with Crippen molar-refractivity contribution in [2.75, 3.05) is 6.54 Å². The van der Waals surface area contributed by atoms with Gasteiger partial charge in [0.25, 0.3) is 0 Å². The molecule has 0 spiro atoms. The number of rotatable bonds is 1. The molecule has 2 heterocycles. The van der Waals surface area contributed by atoms with Gasteiger partial charge in [0.15, 0.2) is 5.69 Å². The summed E-state index contributed by atoms with van der Waals surface area (Å²) >= 11 is 0. The molecular weight excluding hydrogens is 164 g/mol. The Morgan fingerprint density at radius 2 is 2.54 bits per heavy atom. The molecule has 0 atom stereocenters. The fourth-order valence-corrected chi connectivity index (χ4v) is 1.77. The number of aryl methyl sites for hydroxylation is 1. The lowest BCUT2D eigenvalue weighted by atomic mass is 10.1. The number of aromatic nitrogens is 2. The van der Waals surface area contributed by atoms with Crippen LogP contribution in [0.3, 0.4) is 0 Å². The fraction of sp³-hybridized carbons (Fsp3) is 0.556. The van der Waals surface area contributed by atoms with E-state index in [9.17, 15) is 0 Å².